The van der Waals surface area contributed by atoms with Crippen LogP contribution < -0.4 is 10.1 Å². The predicted molar refractivity (Wildman–Crippen MR) is 88.7 cm³/mol. The number of rotatable bonds is 5. The third-order valence-corrected chi connectivity index (χ3v) is 3.65. The summed E-state index contributed by atoms with van der Waals surface area (Å²) in [7, 11) is 3.59. The quantitative estimate of drug-likeness (QED) is 0.779. The summed E-state index contributed by atoms with van der Waals surface area (Å²) in [6.07, 6.45) is 6.76. The third kappa shape index (κ3) is 3.27. The second-order valence-electron chi connectivity index (χ2n) is 4.94. The maximum Gasteiger partial charge on any atom is 0.149 e. The molecular weight excluding hydrogens is 314 g/mol. The molecule has 0 fully saturated rings. The topological polar surface area (TPSA) is 64.9 Å². The maximum atomic E-state index is 5.93. The summed E-state index contributed by atoms with van der Waals surface area (Å²) in [5.74, 6) is 2.16. The van der Waals surface area contributed by atoms with Crippen LogP contribution in [0.5, 0.6) is 5.75 Å². The minimum Gasteiger partial charge on any atom is -0.496 e. The van der Waals surface area contributed by atoms with Gasteiger partial charge in [0.1, 0.15) is 28.6 Å². The number of ether oxygens (including phenoxy) is 1. The molecule has 0 aliphatic heterocycles. The molecular formula is C16H16ClN5O. The summed E-state index contributed by atoms with van der Waals surface area (Å²) in [5, 5.41) is 3.66. The second kappa shape index (κ2) is 6.66. The van der Waals surface area contributed by atoms with Gasteiger partial charge in [-0.25, -0.2) is 9.97 Å². The molecule has 0 aliphatic rings. The summed E-state index contributed by atoms with van der Waals surface area (Å²) in [4.78, 5) is 12.8. The van der Waals surface area contributed by atoms with Crippen LogP contribution in [0.1, 0.15) is 17.4 Å². The number of imidazole rings is 1. The van der Waals surface area contributed by atoms with Gasteiger partial charge >= 0.3 is 0 Å². The summed E-state index contributed by atoms with van der Waals surface area (Å²) in [6, 6.07) is 7.54. The lowest BCUT2D eigenvalue weighted by Gasteiger charge is -2.21. The molecule has 2 heterocycles. The molecule has 1 aromatic carbocycles. The number of methoxy groups -OCH3 is 1. The van der Waals surface area contributed by atoms with Crippen molar-refractivity contribution in [3.8, 4) is 5.75 Å². The zero-order valence-electron chi connectivity index (χ0n) is 12.8. The number of aromatic nitrogens is 4. The Bertz CT molecular complexity index is 804. The molecule has 0 spiro atoms. The Morgan fingerprint density at radius 2 is 2.09 bits per heavy atom. The van der Waals surface area contributed by atoms with Gasteiger partial charge in [-0.1, -0.05) is 29.8 Å². The lowest BCUT2D eigenvalue weighted by atomic mass is 10.0. The SMILES string of the molecule is COc1ccccc1[C@H](Nc1cncc(Cl)n1)c1nccn1C. The fourth-order valence-corrected chi connectivity index (χ4v) is 2.55. The van der Waals surface area contributed by atoms with Crippen LogP contribution >= 0.6 is 11.6 Å². The molecule has 2 aromatic heterocycles. The van der Waals surface area contributed by atoms with E-state index in [9.17, 15) is 0 Å². The number of nitrogens with one attached hydrogen (secondary N) is 1. The average Bonchev–Trinajstić information content (AvgIpc) is 2.98. The van der Waals surface area contributed by atoms with Gasteiger partial charge in [0.15, 0.2) is 0 Å². The Kier molecular flexibility index (Phi) is 4.43. The zero-order valence-corrected chi connectivity index (χ0v) is 13.5. The van der Waals surface area contributed by atoms with Crippen molar-refractivity contribution >= 4 is 17.4 Å². The molecule has 3 aromatic rings. The zero-order chi connectivity index (χ0) is 16.2. The number of hydrogen-bond donors (Lipinski definition) is 1. The Morgan fingerprint density at radius 3 is 2.78 bits per heavy atom. The van der Waals surface area contributed by atoms with Gasteiger partial charge in [-0.3, -0.25) is 4.98 Å². The van der Waals surface area contributed by atoms with Crippen LogP contribution in [0, 0.1) is 0 Å². The molecule has 0 aliphatic carbocycles. The van der Waals surface area contributed by atoms with Gasteiger partial charge in [0, 0.05) is 25.0 Å². The fraction of sp³-hybridized carbons (Fsp3) is 0.188. The fourth-order valence-electron chi connectivity index (χ4n) is 2.40. The molecule has 1 atom stereocenters. The summed E-state index contributed by atoms with van der Waals surface area (Å²) < 4.78 is 7.43. The van der Waals surface area contributed by atoms with E-state index in [0.717, 1.165) is 17.1 Å². The van der Waals surface area contributed by atoms with Crippen molar-refractivity contribution in [3.05, 3.63) is 65.6 Å². The highest BCUT2D eigenvalue weighted by atomic mass is 35.5. The summed E-state index contributed by atoms with van der Waals surface area (Å²) >= 11 is 5.93. The standard InChI is InChI=1S/C16H16ClN5O/c1-22-8-7-19-16(22)15(11-5-3-4-6-12(11)23-2)21-14-10-18-9-13(17)20-14/h3-10,15H,1-2H3,(H,20,21)/t15-/m0/s1. The molecule has 0 saturated heterocycles. The number of benzene rings is 1. The van der Waals surface area contributed by atoms with E-state index in [-0.39, 0.29) is 6.04 Å². The largest absolute Gasteiger partial charge is 0.496 e. The minimum atomic E-state index is -0.251. The summed E-state index contributed by atoms with van der Waals surface area (Å²) in [5.41, 5.74) is 0.950. The van der Waals surface area contributed by atoms with E-state index in [1.165, 1.54) is 6.20 Å². The van der Waals surface area contributed by atoms with Crippen molar-refractivity contribution in [2.45, 2.75) is 6.04 Å². The molecule has 1 N–H and O–H groups in total. The van der Waals surface area contributed by atoms with E-state index in [2.05, 4.69) is 20.3 Å². The van der Waals surface area contributed by atoms with Gasteiger partial charge in [-0.05, 0) is 6.07 Å². The maximum absolute atomic E-state index is 5.93. The molecule has 0 radical (unpaired) electrons. The first kappa shape index (κ1) is 15.3. The van der Waals surface area contributed by atoms with E-state index in [0.29, 0.717) is 11.0 Å². The molecule has 6 nitrogen and oxygen atoms in total. The van der Waals surface area contributed by atoms with Crippen LogP contribution in [0.2, 0.25) is 5.15 Å². The lowest BCUT2D eigenvalue weighted by molar-refractivity contribution is 0.408. The molecule has 7 heteroatoms. The Balaban J connectivity index is 2.06. The van der Waals surface area contributed by atoms with Crippen LogP contribution in [0.3, 0.4) is 0 Å². The first-order valence-electron chi connectivity index (χ1n) is 7.03. The third-order valence-electron chi connectivity index (χ3n) is 3.46. The van der Waals surface area contributed by atoms with Gasteiger partial charge in [-0.15, -0.1) is 0 Å². The highest BCUT2D eigenvalue weighted by molar-refractivity contribution is 6.29. The molecule has 0 amide bonds. The number of hydrogen-bond acceptors (Lipinski definition) is 5. The van der Waals surface area contributed by atoms with Crippen molar-refractivity contribution in [3.63, 3.8) is 0 Å². The van der Waals surface area contributed by atoms with Crippen LogP contribution in [-0.4, -0.2) is 26.6 Å². The molecule has 0 unspecified atom stereocenters. The molecule has 118 valence electrons. The van der Waals surface area contributed by atoms with Gasteiger partial charge in [0.2, 0.25) is 0 Å². The molecule has 0 bridgehead atoms. The molecule has 23 heavy (non-hydrogen) atoms. The number of nitrogens with zero attached hydrogens (tertiary/aromatic N) is 4. The molecule has 0 saturated carbocycles. The monoisotopic (exact) mass is 329 g/mol. The van der Waals surface area contributed by atoms with Crippen LogP contribution in [0.25, 0.3) is 0 Å². The minimum absolute atomic E-state index is 0.251. The van der Waals surface area contributed by atoms with Gasteiger partial charge < -0.3 is 14.6 Å². The number of para-hydroxylation sites is 1. The second-order valence-corrected chi connectivity index (χ2v) is 5.33. The van der Waals surface area contributed by atoms with Gasteiger partial charge in [-0.2, -0.15) is 0 Å². The van der Waals surface area contributed by atoms with E-state index >= 15 is 0 Å². The van der Waals surface area contributed by atoms with E-state index in [1.807, 2.05) is 42.1 Å². The Morgan fingerprint density at radius 1 is 1.26 bits per heavy atom. The number of aryl methyl sites for hydroxylation is 1. The highest BCUT2D eigenvalue weighted by Gasteiger charge is 2.22. The van der Waals surface area contributed by atoms with Gasteiger partial charge in [0.05, 0.1) is 19.5 Å². The van der Waals surface area contributed by atoms with E-state index < -0.39 is 0 Å². The van der Waals surface area contributed by atoms with Crippen molar-refractivity contribution in [1.82, 2.24) is 19.5 Å². The predicted octanol–water partition coefficient (Wildman–Crippen LogP) is 3.07. The lowest BCUT2D eigenvalue weighted by Crippen LogP contribution is -2.18. The van der Waals surface area contributed by atoms with E-state index in [1.54, 1.807) is 19.5 Å². The summed E-state index contributed by atoms with van der Waals surface area (Å²) in [6.45, 7) is 0. The Labute approximate surface area is 139 Å². The van der Waals surface area contributed by atoms with Crippen LogP contribution in [0.15, 0.2) is 49.1 Å². The first-order valence-corrected chi connectivity index (χ1v) is 7.41. The molecule has 3 rings (SSSR count). The smallest absolute Gasteiger partial charge is 0.149 e. The van der Waals surface area contributed by atoms with Crippen molar-refractivity contribution in [1.29, 1.82) is 0 Å². The highest BCUT2D eigenvalue weighted by Crippen LogP contribution is 2.31. The van der Waals surface area contributed by atoms with Crippen molar-refractivity contribution < 1.29 is 4.74 Å². The van der Waals surface area contributed by atoms with Crippen LogP contribution in [0.4, 0.5) is 5.82 Å². The number of halogens is 1. The average molecular weight is 330 g/mol. The van der Waals surface area contributed by atoms with Crippen LogP contribution in [-0.2, 0) is 7.05 Å². The Hall–Kier alpha value is -2.60. The first-order chi connectivity index (χ1) is 11.2. The van der Waals surface area contributed by atoms with Gasteiger partial charge in [0.25, 0.3) is 0 Å². The normalized spacial score (nSPS) is 12.0. The van der Waals surface area contributed by atoms with Crippen molar-refractivity contribution in [2.75, 3.05) is 12.4 Å². The number of anilines is 1. The van der Waals surface area contributed by atoms with E-state index in [4.69, 9.17) is 16.3 Å². The van der Waals surface area contributed by atoms with Crippen molar-refractivity contribution in [2.24, 2.45) is 7.05 Å².